The van der Waals surface area contributed by atoms with E-state index in [1.54, 1.807) is 18.3 Å². The lowest BCUT2D eigenvalue weighted by Crippen LogP contribution is -2.46. The van der Waals surface area contributed by atoms with E-state index in [2.05, 4.69) is 4.98 Å². The van der Waals surface area contributed by atoms with Gasteiger partial charge in [-0.2, -0.15) is 0 Å². The van der Waals surface area contributed by atoms with Crippen LogP contribution in [-0.2, 0) is 11.2 Å². The van der Waals surface area contributed by atoms with Crippen molar-refractivity contribution in [3.63, 3.8) is 0 Å². The number of hydrogen-bond acceptors (Lipinski definition) is 4. The van der Waals surface area contributed by atoms with Gasteiger partial charge < -0.3 is 10.5 Å². The molecule has 0 saturated heterocycles. The van der Waals surface area contributed by atoms with Crippen LogP contribution in [0.4, 0.5) is 5.69 Å². The van der Waals surface area contributed by atoms with Crippen molar-refractivity contribution in [3.05, 3.63) is 53.7 Å². The first-order chi connectivity index (χ1) is 12.1. The van der Waals surface area contributed by atoms with Gasteiger partial charge in [0.1, 0.15) is 12.1 Å². The predicted octanol–water partition coefficient (Wildman–Crippen LogP) is 2.07. The van der Waals surface area contributed by atoms with Crippen molar-refractivity contribution in [2.24, 2.45) is 5.73 Å². The molecule has 1 fully saturated rings. The molecule has 25 heavy (non-hydrogen) atoms. The number of amides is 2. The summed E-state index contributed by atoms with van der Waals surface area (Å²) in [6.07, 6.45) is 5.38. The van der Waals surface area contributed by atoms with E-state index in [1.165, 1.54) is 4.90 Å². The number of anilines is 1. The predicted molar refractivity (Wildman–Crippen MR) is 92.4 cm³/mol. The van der Waals surface area contributed by atoms with Crippen molar-refractivity contribution in [1.82, 2.24) is 4.98 Å². The summed E-state index contributed by atoms with van der Waals surface area (Å²) < 4.78 is 5.77. The minimum Gasteiger partial charge on any atom is -0.474 e. The summed E-state index contributed by atoms with van der Waals surface area (Å²) >= 11 is 0. The number of fused-ring (bicyclic) bond motifs is 1. The molecule has 2 aliphatic rings. The summed E-state index contributed by atoms with van der Waals surface area (Å²) in [5.74, 6) is -0.335. The van der Waals surface area contributed by atoms with Gasteiger partial charge in [-0.15, -0.1) is 0 Å². The highest BCUT2D eigenvalue weighted by atomic mass is 16.5. The molecule has 1 saturated carbocycles. The Kier molecular flexibility index (Phi) is 3.87. The van der Waals surface area contributed by atoms with Crippen LogP contribution in [0.25, 0.3) is 0 Å². The fourth-order valence-corrected chi connectivity index (χ4v) is 3.27. The quantitative estimate of drug-likeness (QED) is 0.925. The number of rotatable bonds is 4. The van der Waals surface area contributed by atoms with Crippen LogP contribution in [0.15, 0.2) is 42.6 Å². The van der Waals surface area contributed by atoms with Gasteiger partial charge in [0.05, 0.1) is 0 Å². The number of aromatic nitrogens is 1. The number of primary amides is 1. The zero-order valence-corrected chi connectivity index (χ0v) is 13.7. The van der Waals surface area contributed by atoms with Crippen LogP contribution in [0.3, 0.4) is 0 Å². The zero-order valence-electron chi connectivity index (χ0n) is 13.7. The molecule has 1 aromatic heterocycles. The Bertz CT molecular complexity index is 832. The van der Waals surface area contributed by atoms with Crippen LogP contribution in [0.1, 0.15) is 35.2 Å². The van der Waals surface area contributed by atoms with Gasteiger partial charge in [-0.1, -0.05) is 18.2 Å². The maximum Gasteiger partial charge on any atom is 0.259 e. The van der Waals surface area contributed by atoms with E-state index in [0.29, 0.717) is 17.9 Å². The van der Waals surface area contributed by atoms with Crippen LogP contribution >= 0.6 is 0 Å². The van der Waals surface area contributed by atoms with Crippen molar-refractivity contribution in [2.45, 2.75) is 37.8 Å². The Balaban J connectivity index is 1.64. The van der Waals surface area contributed by atoms with E-state index in [-0.39, 0.29) is 12.0 Å². The molecule has 0 bridgehead atoms. The molecule has 6 nitrogen and oxygen atoms in total. The molecular weight excluding hydrogens is 318 g/mol. The summed E-state index contributed by atoms with van der Waals surface area (Å²) in [4.78, 5) is 30.6. The molecule has 0 radical (unpaired) electrons. The number of pyridine rings is 1. The molecule has 2 N–H and O–H groups in total. The maximum atomic E-state index is 13.1. The third kappa shape index (κ3) is 2.84. The van der Waals surface area contributed by atoms with E-state index in [4.69, 9.17) is 10.5 Å². The summed E-state index contributed by atoms with van der Waals surface area (Å²) in [7, 11) is 0. The second kappa shape index (κ2) is 6.20. The van der Waals surface area contributed by atoms with Crippen LogP contribution in [0.2, 0.25) is 0 Å². The monoisotopic (exact) mass is 337 g/mol. The van der Waals surface area contributed by atoms with Crippen molar-refractivity contribution in [3.8, 4) is 5.88 Å². The van der Waals surface area contributed by atoms with Gasteiger partial charge in [-0.3, -0.25) is 14.5 Å². The molecule has 1 aliphatic heterocycles. The van der Waals surface area contributed by atoms with Crippen molar-refractivity contribution in [1.29, 1.82) is 0 Å². The van der Waals surface area contributed by atoms with Gasteiger partial charge in [-0.05, 0) is 37.0 Å². The van der Waals surface area contributed by atoms with E-state index in [9.17, 15) is 9.59 Å². The lowest BCUT2D eigenvalue weighted by Gasteiger charge is -2.26. The van der Waals surface area contributed by atoms with Crippen LogP contribution in [0.5, 0.6) is 5.88 Å². The van der Waals surface area contributed by atoms with E-state index >= 15 is 0 Å². The van der Waals surface area contributed by atoms with Gasteiger partial charge in [0.2, 0.25) is 11.8 Å². The standard InChI is InChI=1S/C19H19N3O3/c20-18(23)16-10-12-4-1-2-7-15(12)22(16)19(24)13-8-9-21-17(11-13)25-14-5-3-6-14/h1-2,4,7-9,11,14,16H,3,5-6,10H2,(H2,20,23)/t16-/m0/s1. The molecule has 1 aliphatic carbocycles. The molecule has 6 heteroatoms. The SMILES string of the molecule is NC(=O)[C@@H]1Cc2ccccc2N1C(=O)c1ccnc(OC2CCC2)c1. The fourth-order valence-electron chi connectivity index (χ4n) is 3.27. The van der Waals surface area contributed by atoms with E-state index in [0.717, 1.165) is 30.5 Å². The van der Waals surface area contributed by atoms with Crippen LogP contribution < -0.4 is 15.4 Å². The second-order valence-electron chi connectivity index (χ2n) is 6.48. The van der Waals surface area contributed by atoms with Gasteiger partial charge in [0.25, 0.3) is 5.91 Å². The molecule has 0 unspecified atom stereocenters. The summed E-state index contributed by atoms with van der Waals surface area (Å²) in [5.41, 5.74) is 7.65. The number of benzene rings is 1. The lowest BCUT2D eigenvalue weighted by molar-refractivity contribution is -0.119. The Hall–Kier alpha value is -2.89. The number of carbonyl (C=O) groups is 2. The number of para-hydroxylation sites is 1. The topological polar surface area (TPSA) is 85.5 Å². The number of nitrogens with two attached hydrogens (primary N) is 1. The fraction of sp³-hybridized carbons (Fsp3) is 0.316. The summed E-state index contributed by atoms with van der Waals surface area (Å²) in [6, 6.07) is 10.1. The average Bonchev–Trinajstić information content (AvgIpc) is 2.97. The molecule has 1 aromatic carbocycles. The minimum absolute atomic E-state index is 0.184. The molecule has 2 heterocycles. The average molecular weight is 337 g/mol. The third-order valence-electron chi connectivity index (χ3n) is 4.84. The molecule has 2 amide bonds. The second-order valence-corrected chi connectivity index (χ2v) is 6.48. The molecule has 0 spiro atoms. The Morgan fingerprint density at radius 2 is 2.00 bits per heavy atom. The smallest absolute Gasteiger partial charge is 0.259 e. The molecule has 2 aromatic rings. The van der Waals surface area contributed by atoms with E-state index in [1.807, 2.05) is 24.3 Å². The molecule has 128 valence electrons. The van der Waals surface area contributed by atoms with Gasteiger partial charge >= 0.3 is 0 Å². The minimum atomic E-state index is -0.672. The van der Waals surface area contributed by atoms with Gasteiger partial charge in [-0.25, -0.2) is 4.98 Å². The first-order valence-corrected chi connectivity index (χ1v) is 8.47. The number of hydrogen-bond donors (Lipinski definition) is 1. The number of carbonyl (C=O) groups excluding carboxylic acids is 2. The third-order valence-corrected chi connectivity index (χ3v) is 4.84. The normalized spacial score (nSPS) is 19.2. The first-order valence-electron chi connectivity index (χ1n) is 8.47. The van der Waals surface area contributed by atoms with Gasteiger partial charge in [0, 0.05) is 29.9 Å². The van der Waals surface area contributed by atoms with Gasteiger partial charge in [0.15, 0.2) is 0 Å². The zero-order chi connectivity index (χ0) is 17.4. The molecule has 4 rings (SSSR count). The highest BCUT2D eigenvalue weighted by Crippen LogP contribution is 2.33. The lowest BCUT2D eigenvalue weighted by atomic mass is 9.96. The Labute approximate surface area is 145 Å². The largest absolute Gasteiger partial charge is 0.474 e. The maximum absolute atomic E-state index is 13.1. The Morgan fingerprint density at radius 1 is 1.20 bits per heavy atom. The summed E-state index contributed by atoms with van der Waals surface area (Å²) in [5, 5.41) is 0. The van der Waals surface area contributed by atoms with E-state index < -0.39 is 11.9 Å². The van der Waals surface area contributed by atoms with Crippen LogP contribution in [-0.4, -0.2) is 28.9 Å². The summed E-state index contributed by atoms with van der Waals surface area (Å²) in [6.45, 7) is 0. The highest BCUT2D eigenvalue weighted by molar-refractivity contribution is 6.11. The van der Waals surface area contributed by atoms with Crippen LogP contribution in [0, 0.1) is 0 Å². The number of ether oxygens (including phenoxy) is 1. The Morgan fingerprint density at radius 3 is 2.72 bits per heavy atom. The number of nitrogens with zero attached hydrogens (tertiary/aromatic N) is 2. The van der Waals surface area contributed by atoms with Crippen molar-refractivity contribution < 1.29 is 14.3 Å². The molecular formula is C19H19N3O3. The van der Waals surface area contributed by atoms with Crippen molar-refractivity contribution >= 4 is 17.5 Å². The first kappa shape index (κ1) is 15.6. The van der Waals surface area contributed by atoms with Crippen molar-refractivity contribution in [2.75, 3.05) is 4.90 Å². The highest BCUT2D eigenvalue weighted by Gasteiger charge is 2.37. The molecule has 1 atom stereocenters.